The van der Waals surface area contributed by atoms with E-state index >= 15 is 0 Å². The highest BCUT2D eigenvalue weighted by molar-refractivity contribution is 9.10. The van der Waals surface area contributed by atoms with Gasteiger partial charge < -0.3 is 9.47 Å². The van der Waals surface area contributed by atoms with E-state index in [2.05, 4.69) is 31.4 Å². The van der Waals surface area contributed by atoms with Gasteiger partial charge in [-0.25, -0.2) is 14.8 Å². The molecule has 1 N–H and O–H groups in total. The van der Waals surface area contributed by atoms with Crippen LogP contribution in [0.2, 0.25) is 0 Å². The summed E-state index contributed by atoms with van der Waals surface area (Å²) in [6.07, 6.45) is 1.51. The van der Waals surface area contributed by atoms with Gasteiger partial charge in [-0.05, 0) is 39.7 Å². The van der Waals surface area contributed by atoms with E-state index in [9.17, 15) is 9.18 Å². The van der Waals surface area contributed by atoms with Gasteiger partial charge in [0, 0.05) is 16.5 Å². The Morgan fingerprint density at radius 2 is 1.97 bits per heavy atom. The van der Waals surface area contributed by atoms with Crippen molar-refractivity contribution in [2.75, 3.05) is 12.9 Å². The Bertz CT molecular complexity index is 1370. The summed E-state index contributed by atoms with van der Waals surface area (Å²) in [5.41, 5.74) is 5.57. The summed E-state index contributed by atoms with van der Waals surface area (Å²) < 4.78 is 26.5. The van der Waals surface area contributed by atoms with E-state index in [1.54, 1.807) is 30.3 Å². The van der Waals surface area contributed by atoms with Crippen molar-refractivity contribution in [1.82, 2.24) is 10.4 Å². The number of halogens is 2. The van der Waals surface area contributed by atoms with Crippen LogP contribution >= 0.6 is 39.0 Å². The second-order valence-corrected chi connectivity index (χ2v) is 10.3. The van der Waals surface area contributed by atoms with Crippen molar-refractivity contribution in [3.63, 3.8) is 0 Å². The molecular weight excluding hydrogens is 565 g/mol. The van der Waals surface area contributed by atoms with Crippen molar-refractivity contribution >= 4 is 51.2 Å². The number of carbonyl (C=O) groups excluding carboxylic acids is 1. The fourth-order valence-electron chi connectivity index (χ4n) is 3.12. The number of hydrogen-bond acceptors (Lipinski definition) is 7. The topological polar surface area (TPSA) is 72.8 Å². The number of methoxy groups -OCH3 is 1. The number of hydrazone groups is 1. The number of thiazole rings is 1. The molecule has 0 aliphatic carbocycles. The molecule has 1 aromatic heterocycles. The molecule has 4 aromatic rings. The number of ether oxygens (including phenoxy) is 2. The molecule has 4 rings (SSSR count). The first-order valence-electron chi connectivity index (χ1n) is 10.7. The Morgan fingerprint density at radius 1 is 1.19 bits per heavy atom. The van der Waals surface area contributed by atoms with Crippen LogP contribution in [0.15, 0.2) is 86.0 Å². The van der Waals surface area contributed by atoms with Crippen molar-refractivity contribution in [1.29, 1.82) is 0 Å². The summed E-state index contributed by atoms with van der Waals surface area (Å²) in [5, 5.41) is 6.01. The van der Waals surface area contributed by atoms with E-state index in [0.29, 0.717) is 27.1 Å². The summed E-state index contributed by atoms with van der Waals surface area (Å²) in [7, 11) is 1.51. The van der Waals surface area contributed by atoms with Crippen LogP contribution < -0.4 is 14.9 Å². The maximum Gasteiger partial charge on any atom is 0.250 e. The third-order valence-corrected chi connectivity index (χ3v) is 7.47. The molecule has 0 saturated heterocycles. The average Bonchev–Trinajstić information content (AvgIpc) is 3.37. The molecule has 0 fully saturated rings. The molecule has 0 radical (unpaired) electrons. The molecule has 0 aliphatic rings. The first-order chi connectivity index (χ1) is 17.5. The third-order valence-electron chi connectivity index (χ3n) is 4.86. The van der Waals surface area contributed by atoms with Gasteiger partial charge in [-0.15, -0.1) is 11.3 Å². The van der Waals surface area contributed by atoms with E-state index in [4.69, 9.17) is 9.47 Å². The van der Waals surface area contributed by atoms with Gasteiger partial charge in [-0.1, -0.05) is 60.3 Å². The second-order valence-electron chi connectivity index (χ2n) is 7.36. The number of nitrogens with one attached hydrogen (secondary N) is 1. The molecule has 0 atom stereocenters. The van der Waals surface area contributed by atoms with Gasteiger partial charge in [-0.2, -0.15) is 5.10 Å². The lowest BCUT2D eigenvalue weighted by Gasteiger charge is -2.14. The van der Waals surface area contributed by atoms with Crippen molar-refractivity contribution < 1.29 is 18.7 Å². The van der Waals surface area contributed by atoms with Gasteiger partial charge in [0.15, 0.2) is 15.8 Å². The molecule has 0 bridgehead atoms. The molecule has 0 saturated carbocycles. The van der Waals surface area contributed by atoms with Crippen LogP contribution in [0.4, 0.5) is 4.39 Å². The summed E-state index contributed by atoms with van der Waals surface area (Å²) in [5.74, 6) is 0.494. The summed E-state index contributed by atoms with van der Waals surface area (Å²) in [6, 6.07) is 19.8. The average molecular weight is 587 g/mol. The van der Waals surface area contributed by atoms with Crippen LogP contribution in [0.5, 0.6) is 11.5 Å². The zero-order valence-electron chi connectivity index (χ0n) is 19.1. The minimum atomic E-state index is -0.336. The number of nitrogens with zero attached hydrogens (tertiary/aromatic N) is 2. The van der Waals surface area contributed by atoms with Gasteiger partial charge >= 0.3 is 0 Å². The number of rotatable bonds is 10. The van der Waals surface area contributed by atoms with Crippen molar-refractivity contribution in [2.24, 2.45) is 5.10 Å². The minimum absolute atomic E-state index is 0.0503. The maximum atomic E-state index is 13.9. The van der Waals surface area contributed by atoms with E-state index in [0.717, 1.165) is 15.6 Å². The zero-order chi connectivity index (χ0) is 25.3. The highest BCUT2D eigenvalue weighted by Crippen LogP contribution is 2.37. The quantitative estimate of drug-likeness (QED) is 0.130. The molecular formula is C26H21BrFN3O3S2. The van der Waals surface area contributed by atoms with E-state index < -0.39 is 0 Å². The number of carbonyl (C=O) groups is 1. The summed E-state index contributed by atoms with van der Waals surface area (Å²) in [6.45, 7) is 0.0503. The van der Waals surface area contributed by atoms with Crippen LogP contribution in [0.1, 0.15) is 11.1 Å². The molecule has 0 aliphatic heterocycles. The Balaban J connectivity index is 1.31. The first-order valence-corrected chi connectivity index (χ1v) is 13.4. The van der Waals surface area contributed by atoms with Crippen LogP contribution in [0.3, 0.4) is 0 Å². The fourth-order valence-corrected chi connectivity index (χ4v) is 5.32. The minimum Gasteiger partial charge on any atom is -0.493 e. The Labute approximate surface area is 224 Å². The van der Waals surface area contributed by atoms with Gasteiger partial charge in [0.05, 0.1) is 29.2 Å². The Morgan fingerprint density at radius 3 is 2.75 bits per heavy atom. The van der Waals surface area contributed by atoms with Crippen molar-refractivity contribution in [3.8, 4) is 22.8 Å². The SMILES string of the molecule is COc1cc(/C=N/NC(=O)CSc2nc(-c3ccccc3)cs2)cc(Br)c1OCc1ccccc1F. The third kappa shape index (κ3) is 6.93. The number of benzene rings is 3. The molecule has 6 nitrogen and oxygen atoms in total. The van der Waals surface area contributed by atoms with Gasteiger partial charge in [-0.3, -0.25) is 4.79 Å². The molecule has 36 heavy (non-hydrogen) atoms. The molecule has 10 heteroatoms. The predicted octanol–water partition coefficient (Wildman–Crippen LogP) is 6.54. The number of thioether (sulfide) groups is 1. The lowest BCUT2D eigenvalue weighted by atomic mass is 10.2. The lowest BCUT2D eigenvalue weighted by molar-refractivity contribution is -0.118. The zero-order valence-corrected chi connectivity index (χ0v) is 22.3. The lowest BCUT2D eigenvalue weighted by Crippen LogP contribution is -2.19. The number of aromatic nitrogens is 1. The first kappa shape index (κ1) is 25.9. The van der Waals surface area contributed by atoms with E-state index in [-0.39, 0.29) is 24.1 Å². The highest BCUT2D eigenvalue weighted by Gasteiger charge is 2.13. The molecule has 1 heterocycles. The molecule has 3 aromatic carbocycles. The van der Waals surface area contributed by atoms with Gasteiger partial charge in [0.2, 0.25) is 0 Å². The van der Waals surface area contributed by atoms with Crippen LogP contribution in [0, 0.1) is 5.82 Å². The molecule has 1 amide bonds. The van der Waals surface area contributed by atoms with Crippen molar-refractivity contribution in [3.05, 3.63) is 93.5 Å². The Kier molecular flexibility index (Phi) is 9.10. The van der Waals surface area contributed by atoms with E-state index in [1.807, 2.05) is 35.7 Å². The Hall–Kier alpha value is -3.21. The maximum absolute atomic E-state index is 13.9. The predicted molar refractivity (Wildman–Crippen MR) is 145 cm³/mol. The smallest absolute Gasteiger partial charge is 0.250 e. The monoisotopic (exact) mass is 585 g/mol. The normalized spacial score (nSPS) is 11.0. The molecule has 184 valence electrons. The largest absolute Gasteiger partial charge is 0.493 e. The molecule has 0 spiro atoms. The number of hydrogen-bond donors (Lipinski definition) is 1. The molecule has 0 unspecified atom stereocenters. The van der Waals surface area contributed by atoms with Crippen molar-refractivity contribution in [2.45, 2.75) is 10.9 Å². The summed E-state index contributed by atoms with van der Waals surface area (Å²) in [4.78, 5) is 16.8. The summed E-state index contributed by atoms with van der Waals surface area (Å²) >= 11 is 6.32. The highest BCUT2D eigenvalue weighted by atomic mass is 79.9. The van der Waals surface area contributed by atoms with Gasteiger partial charge in [0.25, 0.3) is 5.91 Å². The fraction of sp³-hybridized carbons (Fsp3) is 0.115. The van der Waals surface area contributed by atoms with Gasteiger partial charge in [0.1, 0.15) is 12.4 Å². The number of amides is 1. The standard InChI is InChI=1S/C26H21BrFN3O3S2/c1-33-23-12-17(11-20(27)25(23)34-14-19-9-5-6-10-21(19)28)13-29-31-24(32)16-36-26-30-22(15-35-26)18-7-3-2-4-8-18/h2-13,15H,14,16H2,1H3,(H,31,32)/b29-13+. The van der Waals surface area contributed by atoms with Crippen LogP contribution in [-0.2, 0) is 11.4 Å². The van der Waals surface area contributed by atoms with Crippen LogP contribution in [-0.4, -0.2) is 30.0 Å². The van der Waals surface area contributed by atoms with E-state index in [1.165, 1.54) is 42.5 Å². The second kappa shape index (κ2) is 12.7. The van der Waals surface area contributed by atoms with Crippen LogP contribution in [0.25, 0.3) is 11.3 Å².